The second-order valence-corrected chi connectivity index (χ2v) is 7.96. The molecule has 0 bridgehead atoms. The fraction of sp³-hybridized carbons (Fsp3) is 0.174. The molecule has 0 aliphatic carbocycles. The molecule has 0 aliphatic rings. The monoisotopic (exact) mass is 451 g/mol. The van der Waals surface area contributed by atoms with E-state index in [0.717, 1.165) is 27.7 Å². The molecule has 0 spiro atoms. The molecule has 1 atom stereocenters. The van der Waals surface area contributed by atoms with E-state index in [1.54, 1.807) is 6.07 Å². The van der Waals surface area contributed by atoms with Crippen LogP contribution < -0.4 is 10.2 Å². The van der Waals surface area contributed by atoms with Crippen LogP contribution in [0.15, 0.2) is 76.1 Å². The SMILES string of the molecule is CN(C)c1ccc(C(CNC(=O)c2coc(Br)c2)c2c[nH]c3ccccc23)cc1. The minimum atomic E-state index is -0.158. The molecule has 0 saturated carbocycles. The van der Waals surface area contributed by atoms with Crippen molar-refractivity contribution in [3.05, 3.63) is 88.4 Å². The molecule has 4 rings (SSSR count). The fourth-order valence-corrected chi connectivity index (χ4v) is 3.86. The van der Waals surface area contributed by atoms with Crippen molar-refractivity contribution in [3.63, 3.8) is 0 Å². The Morgan fingerprint density at radius 2 is 1.93 bits per heavy atom. The number of nitrogens with one attached hydrogen (secondary N) is 2. The third kappa shape index (κ3) is 4.07. The van der Waals surface area contributed by atoms with Gasteiger partial charge in [0.1, 0.15) is 6.26 Å². The van der Waals surface area contributed by atoms with Gasteiger partial charge in [-0.1, -0.05) is 30.3 Å². The molecule has 0 saturated heterocycles. The molecule has 1 unspecified atom stereocenters. The zero-order chi connectivity index (χ0) is 20.4. The van der Waals surface area contributed by atoms with E-state index in [2.05, 4.69) is 67.5 Å². The van der Waals surface area contributed by atoms with Gasteiger partial charge in [0.2, 0.25) is 0 Å². The fourth-order valence-electron chi connectivity index (χ4n) is 3.52. The van der Waals surface area contributed by atoms with Gasteiger partial charge in [0.05, 0.1) is 5.56 Å². The minimum Gasteiger partial charge on any atom is -0.457 e. The highest BCUT2D eigenvalue weighted by Crippen LogP contribution is 2.31. The number of halogens is 1. The van der Waals surface area contributed by atoms with Crippen molar-refractivity contribution in [2.45, 2.75) is 5.92 Å². The Morgan fingerprint density at radius 3 is 2.62 bits per heavy atom. The number of carbonyl (C=O) groups is 1. The van der Waals surface area contributed by atoms with Crippen molar-refractivity contribution in [1.29, 1.82) is 0 Å². The lowest BCUT2D eigenvalue weighted by Crippen LogP contribution is -2.28. The first-order valence-electron chi connectivity index (χ1n) is 9.38. The molecule has 0 radical (unpaired) electrons. The third-order valence-electron chi connectivity index (χ3n) is 5.10. The van der Waals surface area contributed by atoms with Gasteiger partial charge in [-0.2, -0.15) is 0 Å². The molecule has 148 valence electrons. The smallest absolute Gasteiger partial charge is 0.254 e. The maximum atomic E-state index is 12.6. The van der Waals surface area contributed by atoms with E-state index in [9.17, 15) is 4.79 Å². The van der Waals surface area contributed by atoms with Gasteiger partial charge in [0.25, 0.3) is 5.91 Å². The Morgan fingerprint density at radius 1 is 1.17 bits per heavy atom. The predicted molar refractivity (Wildman–Crippen MR) is 120 cm³/mol. The van der Waals surface area contributed by atoms with Gasteiger partial charge < -0.3 is 19.6 Å². The number of para-hydroxylation sites is 1. The number of hydrogen-bond acceptors (Lipinski definition) is 3. The average molecular weight is 452 g/mol. The van der Waals surface area contributed by atoms with E-state index in [1.165, 1.54) is 6.26 Å². The van der Waals surface area contributed by atoms with Crippen molar-refractivity contribution in [1.82, 2.24) is 10.3 Å². The maximum Gasteiger partial charge on any atom is 0.254 e. The minimum absolute atomic E-state index is 0.0154. The molecular weight excluding hydrogens is 430 g/mol. The van der Waals surface area contributed by atoms with Crippen LogP contribution in [-0.2, 0) is 0 Å². The van der Waals surface area contributed by atoms with Crippen molar-refractivity contribution in [2.75, 3.05) is 25.5 Å². The van der Waals surface area contributed by atoms with E-state index in [1.807, 2.05) is 32.4 Å². The molecule has 2 aromatic heterocycles. The number of carbonyl (C=O) groups excluding carboxylic acids is 1. The van der Waals surface area contributed by atoms with E-state index >= 15 is 0 Å². The van der Waals surface area contributed by atoms with E-state index < -0.39 is 0 Å². The Labute approximate surface area is 177 Å². The number of benzene rings is 2. The molecule has 4 aromatic rings. The second-order valence-electron chi connectivity index (χ2n) is 7.18. The van der Waals surface area contributed by atoms with Crippen LogP contribution in [0.1, 0.15) is 27.4 Å². The number of hydrogen-bond donors (Lipinski definition) is 2. The largest absolute Gasteiger partial charge is 0.457 e. The van der Waals surface area contributed by atoms with Gasteiger partial charge in [-0.05, 0) is 45.3 Å². The zero-order valence-electron chi connectivity index (χ0n) is 16.3. The van der Waals surface area contributed by atoms with Crippen LogP contribution in [0.5, 0.6) is 0 Å². The lowest BCUT2D eigenvalue weighted by molar-refractivity contribution is 0.0952. The second kappa shape index (κ2) is 8.17. The summed E-state index contributed by atoms with van der Waals surface area (Å²) >= 11 is 3.24. The van der Waals surface area contributed by atoms with Crippen molar-refractivity contribution < 1.29 is 9.21 Å². The van der Waals surface area contributed by atoms with Crippen molar-refractivity contribution >= 4 is 38.4 Å². The van der Waals surface area contributed by atoms with Crippen molar-refractivity contribution in [3.8, 4) is 0 Å². The number of H-pyrrole nitrogens is 1. The highest BCUT2D eigenvalue weighted by Gasteiger charge is 2.20. The predicted octanol–water partition coefficient (Wildman–Crippen LogP) is 5.15. The first kappa shape index (κ1) is 19.3. The van der Waals surface area contributed by atoms with Gasteiger partial charge in [0.15, 0.2) is 4.67 Å². The summed E-state index contributed by atoms with van der Waals surface area (Å²) in [6.45, 7) is 0.477. The Kier molecular flexibility index (Phi) is 5.45. The van der Waals surface area contributed by atoms with Gasteiger partial charge in [-0.25, -0.2) is 0 Å². The summed E-state index contributed by atoms with van der Waals surface area (Å²) in [5, 5.41) is 4.22. The molecular formula is C23H22BrN3O2. The third-order valence-corrected chi connectivity index (χ3v) is 5.52. The molecule has 2 aromatic carbocycles. The van der Waals surface area contributed by atoms with E-state index in [-0.39, 0.29) is 11.8 Å². The summed E-state index contributed by atoms with van der Waals surface area (Å²) in [6, 6.07) is 18.4. The number of anilines is 1. The zero-order valence-corrected chi connectivity index (χ0v) is 17.9. The van der Waals surface area contributed by atoms with Crippen LogP contribution in [0.3, 0.4) is 0 Å². The molecule has 2 N–H and O–H groups in total. The van der Waals surface area contributed by atoms with E-state index in [0.29, 0.717) is 16.8 Å². The summed E-state index contributed by atoms with van der Waals surface area (Å²) in [6.07, 6.45) is 3.49. The summed E-state index contributed by atoms with van der Waals surface area (Å²) in [5.74, 6) is -0.143. The Bertz CT molecular complexity index is 1130. The normalized spacial score (nSPS) is 12.1. The number of amides is 1. The van der Waals surface area contributed by atoms with Crippen LogP contribution in [-0.4, -0.2) is 31.5 Å². The standard InChI is InChI=1S/C23H22BrN3O2/c1-27(2)17-9-7-15(8-10-17)19(12-26-23(28)16-11-22(24)29-14-16)20-13-25-21-6-4-3-5-18(20)21/h3-11,13-14,19,25H,12H2,1-2H3,(H,26,28). The van der Waals surface area contributed by atoms with E-state index in [4.69, 9.17) is 4.42 Å². The lowest BCUT2D eigenvalue weighted by Gasteiger charge is -2.20. The van der Waals surface area contributed by atoms with Crippen LogP contribution in [0.4, 0.5) is 5.69 Å². The molecule has 0 aliphatic heterocycles. The number of aromatic nitrogens is 1. The van der Waals surface area contributed by atoms with Gasteiger partial charge >= 0.3 is 0 Å². The molecule has 29 heavy (non-hydrogen) atoms. The molecule has 6 heteroatoms. The van der Waals surface area contributed by atoms with Gasteiger partial charge in [-0.15, -0.1) is 0 Å². The summed E-state index contributed by atoms with van der Waals surface area (Å²) < 4.78 is 5.73. The highest BCUT2D eigenvalue weighted by atomic mass is 79.9. The number of nitrogens with zero attached hydrogens (tertiary/aromatic N) is 1. The first-order chi connectivity index (χ1) is 14.0. The molecule has 1 amide bonds. The van der Waals surface area contributed by atoms with Crippen LogP contribution in [0.25, 0.3) is 10.9 Å². The molecule has 2 heterocycles. The van der Waals surface area contributed by atoms with Crippen LogP contribution in [0.2, 0.25) is 0 Å². The summed E-state index contributed by atoms with van der Waals surface area (Å²) in [7, 11) is 4.05. The van der Waals surface area contributed by atoms with Crippen LogP contribution in [0, 0.1) is 0 Å². The highest BCUT2D eigenvalue weighted by molar-refractivity contribution is 9.10. The quantitative estimate of drug-likeness (QED) is 0.425. The van der Waals surface area contributed by atoms with Gasteiger partial charge in [0, 0.05) is 55.4 Å². The Hall–Kier alpha value is -2.99. The number of rotatable bonds is 6. The average Bonchev–Trinajstić information content (AvgIpc) is 3.35. The lowest BCUT2D eigenvalue weighted by atomic mass is 9.90. The maximum absolute atomic E-state index is 12.6. The van der Waals surface area contributed by atoms with Crippen molar-refractivity contribution in [2.24, 2.45) is 0 Å². The topological polar surface area (TPSA) is 61.3 Å². The number of fused-ring (bicyclic) bond motifs is 1. The Balaban J connectivity index is 1.66. The summed E-state index contributed by atoms with van der Waals surface area (Å²) in [4.78, 5) is 18.0. The number of furan rings is 1. The first-order valence-corrected chi connectivity index (χ1v) is 10.2. The number of aromatic amines is 1. The van der Waals surface area contributed by atoms with Gasteiger partial charge in [-0.3, -0.25) is 4.79 Å². The molecule has 0 fully saturated rings. The summed E-state index contributed by atoms with van der Waals surface area (Å²) in [5.41, 5.74) is 5.03. The van der Waals surface area contributed by atoms with Crippen LogP contribution >= 0.6 is 15.9 Å². The molecule has 5 nitrogen and oxygen atoms in total.